The summed E-state index contributed by atoms with van der Waals surface area (Å²) in [6.07, 6.45) is 3.91. The highest BCUT2D eigenvalue weighted by molar-refractivity contribution is 5.87. The molecule has 0 bridgehead atoms. The molecule has 1 heterocycles. The SMILES string of the molecule is COC(=O)/C=C/c1ccc(CN(CCc2c(C)[nH]c3ccccc23)C(=O)C(C)C)cc1. The van der Waals surface area contributed by atoms with E-state index in [2.05, 4.69) is 28.8 Å². The monoisotopic (exact) mass is 418 g/mol. The number of aryl methyl sites for hydroxylation is 1. The van der Waals surface area contributed by atoms with Gasteiger partial charge in [0.05, 0.1) is 7.11 Å². The van der Waals surface area contributed by atoms with Crippen molar-refractivity contribution >= 4 is 28.9 Å². The maximum atomic E-state index is 12.9. The van der Waals surface area contributed by atoms with Gasteiger partial charge in [-0.15, -0.1) is 0 Å². The van der Waals surface area contributed by atoms with Gasteiger partial charge in [0.15, 0.2) is 0 Å². The molecule has 3 aromatic rings. The third-order valence-corrected chi connectivity index (χ3v) is 5.43. The molecule has 0 unspecified atom stereocenters. The zero-order valence-corrected chi connectivity index (χ0v) is 18.6. The molecule has 162 valence electrons. The highest BCUT2D eigenvalue weighted by atomic mass is 16.5. The first-order chi connectivity index (χ1) is 14.9. The predicted molar refractivity (Wildman–Crippen MR) is 124 cm³/mol. The lowest BCUT2D eigenvalue weighted by atomic mass is 10.1. The zero-order chi connectivity index (χ0) is 22.4. The van der Waals surface area contributed by atoms with Crippen LogP contribution in [-0.4, -0.2) is 35.4 Å². The van der Waals surface area contributed by atoms with Crippen LogP contribution in [0.25, 0.3) is 17.0 Å². The Morgan fingerprint density at radius 2 is 1.81 bits per heavy atom. The Balaban J connectivity index is 1.74. The van der Waals surface area contributed by atoms with Crippen molar-refractivity contribution in [2.45, 2.75) is 33.7 Å². The van der Waals surface area contributed by atoms with Gasteiger partial charge >= 0.3 is 5.97 Å². The van der Waals surface area contributed by atoms with E-state index in [0.29, 0.717) is 13.1 Å². The summed E-state index contributed by atoms with van der Waals surface area (Å²) >= 11 is 0. The van der Waals surface area contributed by atoms with Gasteiger partial charge in [-0.05, 0) is 42.2 Å². The molecular formula is C26H30N2O3. The highest BCUT2D eigenvalue weighted by Crippen LogP contribution is 2.23. The number of methoxy groups -OCH3 is 1. The molecule has 0 fully saturated rings. The first kappa shape index (κ1) is 22.3. The number of H-pyrrole nitrogens is 1. The number of aromatic nitrogens is 1. The van der Waals surface area contributed by atoms with Crippen LogP contribution in [0.5, 0.6) is 0 Å². The van der Waals surface area contributed by atoms with Gasteiger partial charge in [0.1, 0.15) is 0 Å². The zero-order valence-electron chi connectivity index (χ0n) is 18.6. The van der Waals surface area contributed by atoms with Gasteiger partial charge in [0.25, 0.3) is 0 Å². The number of benzene rings is 2. The van der Waals surface area contributed by atoms with Gasteiger partial charge in [-0.2, -0.15) is 0 Å². The average molecular weight is 419 g/mol. The average Bonchev–Trinajstić information content (AvgIpc) is 3.10. The topological polar surface area (TPSA) is 62.4 Å². The van der Waals surface area contributed by atoms with Crippen molar-refractivity contribution in [2.24, 2.45) is 5.92 Å². The number of nitrogens with one attached hydrogen (secondary N) is 1. The standard InChI is InChI=1S/C26H30N2O3/c1-18(2)26(30)28(16-15-22-19(3)27-24-8-6-5-7-23(22)24)17-21-11-9-20(10-12-21)13-14-25(29)31-4/h5-14,18,27H,15-17H2,1-4H3/b14-13+. The molecule has 3 rings (SSSR count). The number of amides is 1. The Kier molecular flexibility index (Phi) is 7.29. The van der Waals surface area contributed by atoms with Crippen molar-refractivity contribution in [2.75, 3.05) is 13.7 Å². The summed E-state index contributed by atoms with van der Waals surface area (Å²) in [5.74, 6) is -0.302. The Hall–Kier alpha value is -3.34. The summed E-state index contributed by atoms with van der Waals surface area (Å²) in [5, 5.41) is 1.22. The Morgan fingerprint density at radius 1 is 1.10 bits per heavy atom. The quantitative estimate of drug-likeness (QED) is 0.418. The van der Waals surface area contributed by atoms with Crippen LogP contribution >= 0.6 is 0 Å². The van der Waals surface area contributed by atoms with Gasteiger partial charge in [-0.25, -0.2) is 4.79 Å². The summed E-state index contributed by atoms with van der Waals surface area (Å²) in [7, 11) is 1.36. The van der Waals surface area contributed by atoms with Crippen LogP contribution in [-0.2, 0) is 27.3 Å². The molecule has 1 amide bonds. The van der Waals surface area contributed by atoms with Gasteiger partial charge < -0.3 is 14.6 Å². The van der Waals surface area contributed by atoms with Crippen LogP contribution < -0.4 is 0 Å². The number of esters is 1. The van der Waals surface area contributed by atoms with Crippen molar-refractivity contribution in [1.29, 1.82) is 0 Å². The summed E-state index contributed by atoms with van der Waals surface area (Å²) < 4.78 is 4.62. The number of carbonyl (C=O) groups excluding carboxylic acids is 2. The molecule has 0 aliphatic carbocycles. The lowest BCUT2D eigenvalue weighted by molar-refractivity contribution is -0.135. The minimum atomic E-state index is -0.384. The summed E-state index contributed by atoms with van der Waals surface area (Å²) in [6.45, 7) is 7.17. The smallest absolute Gasteiger partial charge is 0.330 e. The Labute approximate surface area is 183 Å². The number of nitrogens with zero attached hydrogens (tertiary/aromatic N) is 1. The summed E-state index contributed by atoms with van der Waals surface area (Å²) in [6, 6.07) is 16.2. The predicted octanol–water partition coefficient (Wildman–Crippen LogP) is 4.89. The molecule has 1 N–H and O–H groups in total. The molecule has 5 heteroatoms. The molecule has 0 radical (unpaired) electrons. The molecule has 0 atom stereocenters. The second-order valence-corrected chi connectivity index (χ2v) is 8.04. The molecule has 5 nitrogen and oxygen atoms in total. The highest BCUT2D eigenvalue weighted by Gasteiger charge is 2.18. The van der Waals surface area contributed by atoms with E-state index in [-0.39, 0.29) is 17.8 Å². The number of aromatic amines is 1. The van der Waals surface area contributed by atoms with Crippen LogP contribution in [0.2, 0.25) is 0 Å². The van der Waals surface area contributed by atoms with Crippen LogP contribution in [0.3, 0.4) is 0 Å². The van der Waals surface area contributed by atoms with Crippen molar-refractivity contribution in [3.8, 4) is 0 Å². The number of hydrogen-bond acceptors (Lipinski definition) is 3. The van der Waals surface area contributed by atoms with E-state index >= 15 is 0 Å². The maximum absolute atomic E-state index is 12.9. The van der Waals surface area contributed by atoms with E-state index in [9.17, 15) is 9.59 Å². The van der Waals surface area contributed by atoms with Gasteiger partial charge in [0, 0.05) is 41.7 Å². The van der Waals surface area contributed by atoms with Crippen LogP contribution in [0, 0.1) is 12.8 Å². The summed E-state index contributed by atoms with van der Waals surface area (Å²) in [4.78, 5) is 29.5. The van der Waals surface area contributed by atoms with E-state index in [4.69, 9.17) is 0 Å². The molecule has 0 saturated heterocycles. The Bertz CT molecular complexity index is 1080. The molecule has 0 aliphatic heterocycles. The van der Waals surface area contributed by atoms with Crippen molar-refractivity contribution < 1.29 is 14.3 Å². The molecule has 0 spiro atoms. The van der Waals surface area contributed by atoms with Crippen LogP contribution in [0.4, 0.5) is 0 Å². The lowest BCUT2D eigenvalue weighted by Gasteiger charge is -2.25. The first-order valence-corrected chi connectivity index (χ1v) is 10.6. The number of para-hydroxylation sites is 1. The second-order valence-electron chi connectivity index (χ2n) is 8.04. The van der Waals surface area contributed by atoms with Crippen molar-refractivity contribution in [3.05, 3.63) is 77.0 Å². The van der Waals surface area contributed by atoms with Gasteiger partial charge in [-0.1, -0.05) is 56.3 Å². The largest absolute Gasteiger partial charge is 0.466 e. The fourth-order valence-electron chi connectivity index (χ4n) is 3.72. The molecule has 1 aromatic heterocycles. The normalized spacial score (nSPS) is 11.4. The molecule has 2 aromatic carbocycles. The van der Waals surface area contributed by atoms with Gasteiger partial charge in [0.2, 0.25) is 5.91 Å². The molecule has 31 heavy (non-hydrogen) atoms. The fraction of sp³-hybridized carbons (Fsp3) is 0.308. The molecule has 0 aliphatic rings. The van der Waals surface area contributed by atoms with Crippen molar-refractivity contribution in [1.82, 2.24) is 9.88 Å². The lowest BCUT2D eigenvalue weighted by Crippen LogP contribution is -2.35. The minimum Gasteiger partial charge on any atom is -0.466 e. The van der Waals surface area contributed by atoms with E-state index in [1.54, 1.807) is 6.08 Å². The number of carbonyl (C=O) groups is 2. The number of fused-ring (bicyclic) bond motifs is 1. The fourth-order valence-corrected chi connectivity index (χ4v) is 3.72. The van der Waals surface area contributed by atoms with E-state index in [1.807, 2.05) is 55.1 Å². The van der Waals surface area contributed by atoms with Gasteiger partial charge in [-0.3, -0.25) is 4.79 Å². The van der Waals surface area contributed by atoms with Crippen LogP contribution in [0.15, 0.2) is 54.6 Å². The molecule has 0 saturated carbocycles. The second kappa shape index (κ2) is 10.1. The van der Waals surface area contributed by atoms with Crippen molar-refractivity contribution in [3.63, 3.8) is 0 Å². The summed E-state index contributed by atoms with van der Waals surface area (Å²) in [5.41, 5.74) is 5.51. The number of hydrogen-bond donors (Lipinski definition) is 1. The Morgan fingerprint density at radius 3 is 2.48 bits per heavy atom. The minimum absolute atomic E-state index is 0.0636. The number of rotatable bonds is 8. The van der Waals surface area contributed by atoms with E-state index in [0.717, 1.165) is 28.8 Å². The third-order valence-electron chi connectivity index (χ3n) is 5.43. The van der Waals surface area contributed by atoms with E-state index in [1.165, 1.54) is 24.1 Å². The first-order valence-electron chi connectivity index (χ1n) is 10.6. The third kappa shape index (κ3) is 5.63. The number of ether oxygens (including phenoxy) is 1. The van der Waals surface area contributed by atoms with E-state index < -0.39 is 0 Å². The van der Waals surface area contributed by atoms with Crippen LogP contribution in [0.1, 0.15) is 36.2 Å². The molecular weight excluding hydrogens is 388 g/mol. The maximum Gasteiger partial charge on any atom is 0.330 e.